The van der Waals surface area contributed by atoms with Crippen LogP contribution in [-0.4, -0.2) is 5.91 Å². The molecule has 0 unspecified atom stereocenters. The zero-order chi connectivity index (χ0) is 13.8. The van der Waals surface area contributed by atoms with E-state index in [-0.39, 0.29) is 12.4 Å². The van der Waals surface area contributed by atoms with Gasteiger partial charge >= 0.3 is 5.91 Å². The fourth-order valence-corrected chi connectivity index (χ4v) is 1.99. The average Bonchev–Trinajstić information content (AvgIpc) is 2.85. The van der Waals surface area contributed by atoms with Gasteiger partial charge in [-0.2, -0.15) is 0 Å². The van der Waals surface area contributed by atoms with Crippen molar-refractivity contribution in [3.63, 3.8) is 0 Å². The zero-order valence-corrected chi connectivity index (χ0v) is 11.2. The minimum Gasteiger partial charge on any atom is -0.486 e. The number of nitrogens with one attached hydrogen (secondary N) is 1. The lowest BCUT2D eigenvalue weighted by molar-refractivity contribution is 0.0922. The van der Waals surface area contributed by atoms with Crippen molar-refractivity contribution < 1.29 is 13.9 Å². The molecular formula is C12H10Cl2N2O3. The highest BCUT2D eigenvalue weighted by Gasteiger charge is 2.15. The van der Waals surface area contributed by atoms with E-state index in [1.54, 1.807) is 24.3 Å². The predicted octanol–water partition coefficient (Wildman–Crippen LogP) is 2.77. The van der Waals surface area contributed by atoms with Crippen molar-refractivity contribution in [1.82, 2.24) is 5.43 Å². The van der Waals surface area contributed by atoms with Crippen LogP contribution in [0.1, 0.15) is 16.1 Å². The van der Waals surface area contributed by atoms with Gasteiger partial charge < -0.3 is 9.15 Å². The molecule has 1 amide bonds. The van der Waals surface area contributed by atoms with Crippen LogP contribution >= 0.6 is 23.2 Å². The van der Waals surface area contributed by atoms with Crippen LogP contribution in [0.4, 0.5) is 0 Å². The zero-order valence-electron chi connectivity index (χ0n) is 9.65. The fraction of sp³-hybridized carbons (Fsp3) is 0.0833. The number of carbonyl (C=O) groups is 1. The highest BCUT2D eigenvalue weighted by molar-refractivity contribution is 6.37. The summed E-state index contributed by atoms with van der Waals surface area (Å²) in [5.74, 6) is 4.95. The Morgan fingerprint density at radius 2 is 2.00 bits per heavy atom. The van der Waals surface area contributed by atoms with Crippen LogP contribution in [-0.2, 0) is 6.61 Å². The molecule has 7 heteroatoms. The lowest BCUT2D eigenvalue weighted by atomic mass is 10.2. The molecule has 2 rings (SSSR count). The topological polar surface area (TPSA) is 77.5 Å². The number of halogens is 2. The largest absolute Gasteiger partial charge is 0.486 e. The van der Waals surface area contributed by atoms with Gasteiger partial charge in [-0.1, -0.05) is 29.3 Å². The van der Waals surface area contributed by atoms with E-state index < -0.39 is 5.91 Å². The van der Waals surface area contributed by atoms with Gasteiger partial charge in [-0.25, -0.2) is 5.84 Å². The molecule has 0 radical (unpaired) electrons. The molecule has 0 saturated carbocycles. The summed E-state index contributed by atoms with van der Waals surface area (Å²) in [4.78, 5) is 11.4. The Balaban J connectivity index is 2.15. The minimum absolute atomic E-state index is 0.0860. The number of hydrogen-bond donors (Lipinski definition) is 2. The third-order valence-electron chi connectivity index (χ3n) is 2.38. The summed E-state index contributed by atoms with van der Waals surface area (Å²) >= 11 is 11.9. The predicted molar refractivity (Wildman–Crippen MR) is 71.2 cm³/mol. The normalized spacial score (nSPS) is 10.3. The van der Waals surface area contributed by atoms with E-state index >= 15 is 0 Å². The van der Waals surface area contributed by atoms with Crippen molar-refractivity contribution in [2.75, 3.05) is 0 Å². The van der Waals surface area contributed by atoms with Crippen LogP contribution in [0.25, 0.3) is 0 Å². The number of nitrogen functional groups attached to an aromatic ring is 1. The molecule has 1 aromatic carbocycles. The van der Waals surface area contributed by atoms with Crippen LogP contribution in [0.3, 0.4) is 0 Å². The maximum atomic E-state index is 11.4. The van der Waals surface area contributed by atoms with Crippen LogP contribution in [0, 0.1) is 0 Å². The van der Waals surface area contributed by atoms with Gasteiger partial charge in [-0.3, -0.25) is 10.2 Å². The van der Waals surface area contributed by atoms with E-state index in [4.69, 9.17) is 38.2 Å². The van der Waals surface area contributed by atoms with Gasteiger partial charge in [0.1, 0.15) is 6.61 Å². The number of furan rings is 1. The molecule has 0 aliphatic heterocycles. The Morgan fingerprint density at radius 1 is 1.32 bits per heavy atom. The molecular weight excluding hydrogens is 291 g/mol. The lowest BCUT2D eigenvalue weighted by Crippen LogP contribution is -2.30. The van der Waals surface area contributed by atoms with E-state index in [1.165, 1.54) is 6.26 Å². The van der Waals surface area contributed by atoms with Crippen molar-refractivity contribution in [2.24, 2.45) is 5.84 Å². The quantitative estimate of drug-likeness (QED) is 0.517. The van der Waals surface area contributed by atoms with E-state index in [0.717, 1.165) is 0 Å². The second kappa shape index (κ2) is 5.97. The summed E-state index contributed by atoms with van der Waals surface area (Å²) in [6.07, 6.45) is 1.37. The number of hydrogen-bond acceptors (Lipinski definition) is 4. The Morgan fingerprint density at radius 3 is 2.63 bits per heavy atom. The van der Waals surface area contributed by atoms with Gasteiger partial charge in [0.2, 0.25) is 0 Å². The number of amides is 1. The third kappa shape index (κ3) is 3.01. The molecule has 0 bridgehead atoms. The molecule has 0 aliphatic rings. The van der Waals surface area contributed by atoms with Gasteiger partial charge in [0.15, 0.2) is 11.5 Å². The number of nitrogens with two attached hydrogens (primary N) is 1. The lowest BCUT2D eigenvalue weighted by Gasteiger charge is -2.09. The second-order valence-electron chi connectivity index (χ2n) is 3.59. The Bertz CT molecular complexity index is 578. The molecule has 1 heterocycles. The first-order valence-corrected chi connectivity index (χ1v) is 6.03. The summed E-state index contributed by atoms with van der Waals surface area (Å²) in [7, 11) is 0. The molecule has 0 aliphatic carbocycles. The molecule has 0 spiro atoms. The van der Waals surface area contributed by atoms with Crippen LogP contribution < -0.4 is 16.0 Å². The number of carbonyl (C=O) groups excluding carboxylic acids is 1. The Labute approximate surface area is 119 Å². The number of ether oxygens (including phenoxy) is 1. The van der Waals surface area contributed by atoms with Gasteiger partial charge in [-0.15, -0.1) is 0 Å². The monoisotopic (exact) mass is 300 g/mol. The van der Waals surface area contributed by atoms with Crippen molar-refractivity contribution in [3.05, 3.63) is 51.9 Å². The van der Waals surface area contributed by atoms with Crippen LogP contribution in [0.15, 0.2) is 34.9 Å². The molecule has 19 heavy (non-hydrogen) atoms. The maximum Gasteiger partial charge on any atom is 0.301 e. The summed E-state index contributed by atoms with van der Waals surface area (Å²) in [5.41, 5.74) is 2.53. The maximum absolute atomic E-state index is 11.4. The van der Waals surface area contributed by atoms with Gasteiger partial charge in [0.05, 0.1) is 16.3 Å². The van der Waals surface area contributed by atoms with Crippen LogP contribution in [0.5, 0.6) is 5.75 Å². The number of benzene rings is 1. The highest BCUT2D eigenvalue weighted by atomic mass is 35.5. The van der Waals surface area contributed by atoms with Crippen molar-refractivity contribution in [1.29, 1.82) is 0 Å². The number of rotatable bonds is 4. The second-order valence-corrected chi connectivity index (χ2v) is 4.40. The summed E-state index contributed by atoms with van der Waals surface area (Å²) in [6.45, 7) is 0.0860. The molecule has 100 valence electrons. The minimum atomic E-state index is -0.533. The number of para-hydroxylation sites is 1. The smallest absolute Gasteiger partial charge is 0.301 e. The fourth-order valence-electron chi connectivity index (χ4n) is 1.48. The van der Waals surface area contributed by atoms with Gasteiger partial charge in [-0.05, 0) is 18.2 Å². The van der Waals surface area contributed by atoms with E-state index in [1.807, 2.05) is 5.43 Å². The standard InChI is InChI=1S/C12H10Cl2N2O3/c13-8-2-1-3-9(14)11(8)19-6-7-4-5-18-10(7)12(17)16-15/h1-5H,6,15H2,(H,16,17). The van der Waals surface area contributed by atoms with Crippen molar-refractivity contribution in [2.45, 2.75) is 6.61 Å². The van der Waals surface area contributed by atoms with E-state index in [9.17, 15) is 4.79 Å². The summed E-state index contributed by atoms with van der Waals surface area (Å²) < 4.78 is 10.5. The van der Waals surface area contributed by atoms with Gasteiger partial charge in [0, 0.05) is 5.56 Å². The van der Waals surface area contributed by atoms with Crippen molar-refractivity contribution in [3.8, 4) is 5.75 Å². The molecule has 5 nitrogen and oxygen atoms in total. The molecule has 2 aromatic rings. The van der Waals surface area contributed by atoms with Crippen LogP contribution in [0.2, 0.25) is 10.0 Å². The average molecular weight is 301 g/mol. The van der Waals surface area contributed by atoms with Gasteiger partial charge in [0.25, 0.3) is 0 Å². The molecule has 0 atom stereocenters. The van der Waals surface area contributed by atoms with E-state index in [0.29, 0.717) is 21.4 Å². The Kier molecular flexibility index (Phi) is 4.31. The Hall–Kier alpha value is -1.69. The first kappa shape index (κ1) is 13.7. The molecule has 0 fully saturated rings. The highest BCUT2D eigenvalue weighted by Crippen LogP contribution is 2.33. The molecule has 1 aromatic heterocycles. The van der Waals surface area contributed by atoms with Crippen molar-refractivity contribution >= 4 is 29.1 Å². The van der Waals surface area contributed by atoms with E-state index in [2.05, 4.69) is 0 Å². The first-order chi connectivity index (χ1) is 9.13. The summed E-state index contributed by atoms with van der Waals surface area (Å²) in [5, 5.41) is 0.779. The molecule has 0 saturated heterocycles. The SMILES string of the molecule is NNC(=O)c1occc1COc1c(Cl)cccc1Cl. The number of hydrazine groups is 1. The first-order valence-electron chi connectivity index (χ1n) is 5.27. The third-order valence-corrected chi connectivity index (χ3v) is 2.97. The summed E-state index contributed by atoms with van der Waals surface area (Å²) in [6, 6.07) is 6.63. The molecule has 3 N–H and O–H groups in total.